The lowest BCUT2D eigenvalue weighted by molar-refractivity contribution is -0.139. The molecule has 0 saturated heterocycles. The highest BCUT2D eigenvalue weighted by atomic mass is 16.5. The van der Waals surface area contributed by atoms with Gasteiger partial charge in [-0.2, -0.15) is 0 Å². The number of ether oxygens (including phenoxy) is 1. The van der Waals surface area contributed by atoms with Gasteiger partial charge in [-0.05, 0) is 31.0 Å². The number of carboxylic acid groups (broad SMARTS) is 1. The fourth-order valence-electron chi connectivity index (χ4n) is 3.02. The zero-order valence-corrected chi connectivity index (χ0v) is 15.1. The first-order chi connectivity index (χ1) is 13.0. The third-order valence-corrected chi connectivity index (χ3v) is 4.37. The van der Waals surface area contributed by atoms with Crippen molar-refractivity contribution in [1.82, 2.24) is 15.3 Å². The summed E-state index contributed by atoms with van der Waals surface area (Å²) in [5, 5.41) is 23.4. The quantitative estimate of drug-likeness (QED) is 0.461. The number of carbonyl (C=O) groups is 1. The molecule has 1 aromatic carbocycles. The van der Waals surface area contributed by atoms with Crippen LogP contribution in [0.5, 0.6) is 5.75 Å². The smallest absolute Gasteiger partial charge is 0.341 e. The predicted molar refractivity (Wildman–Crippen MR) is 102 cm³/mol. The molecular weight excluding hydrogens is 346 g/mol. The lowest BCUT2D eigenvalue weighted by atomic mass is 10.1. The van der Waals surface area contributed by atoms with Gasteiger partial charge < -0.3 is 25.3 Å². The van der Waals surface area contributed by atoms with Crippen LogP contribution in [0.2, 0.25) is 0 Å². The van der Waals surface area contributed by atoms with Crippen molar-refractivity contribution >= 4 is 16.9 Å². The van der Waals surface area contributed by atoms with E-state index in [4.69, 9.17) is 9.84 Å². The monoisotopic (exact) mass is 369 g/mol. The molecule has 27 heavy (non-hydrogen) atoms. The van der Waals surface area contributed by atoms with Crippen molar-refractivity contribution in [3.05, 3.63) is 60.0 Å². The van der Waals surface area contributed by atoms with Gasteiger partial charge in [-0.3, -0.25) is 4.98 Å². The van der Waals surface area contributed by atoms with Gasteiger partial charge >= 0.3 is 5.97 Å². The predicted octanol–water partition coefficient (Wildman–Crippen LogP) is 2.28. The third kappa shape index (κ3) is 4.84. The molecule has 0 spiro atoms. The number of aliphatic carboxylic acids is 1. The van der Waals surface area contributed by atoms with E-state index in [2.05, 4.69) is 22.2 Å². The topological polar surface area (TPSA) is 107 Å². The second-order valence-corrected chi connectivity index (χ2v) is 6.49. The van der Waals surface area contributed by atoms with Gasteiger partial charge in [0.25, 0.3) is 0 Å². The average Bonchev–Trinajstić information content (AvgIpc) is 3.08. The summed E-state index contributed by atoms with van der Waals surface area (Å²) < 4.78 is 5.34. The van der Waals surface area contributed by atoms with Crippen molar-refractivity contribution in [2.24, 2.45) is 0 Å². The first-order valence-electron chi connectivity index (χ1n) is 8.79. The van der Waals surface area contributed by atoms with Crippen molar-refractivity contribution in [3.8, 4) is 5.75 Å². The maximum absolute atomic E-state index is 10.7. The van der Waals surface area contributed by atoms with Crippen LogP contribution >= 0.6 is 0 Å². The average molecular weight is 369 g/mol. The number of nitrogens with one attached hydrogen (secondary N) is 2. The second kappa shape index (κ2) is 8.66. The molecule has 3 rings (SSSR count). The van der Waals surface area contributed by atoms with Crippen LogP contribution in [-0.4, -0.2) is 45.3 Å². The highest BCUT2D eigenvalue weighted by Crippen LogP contribution is 2.28. The van der Waals surface area contributed by atoms with Gasteiger partial charge in [0.05, 0.1) is 11.6 Å². The molecule has 4 N–H and O–H groups in total. The number of aromatic amines is 1. The Morgan fingerprint density at radius 3 is 2.93 bits per heavy atom. The number of aliphatic hydroxyl groups is 1. The maximum atomic E-state index is 10.7. The molecule has 3 aromatic rings. The molecule has 0 aliphatic carbocycles. The minimum absolute atomic E-state index is 0.138. The molecule has 0 aliphatic heterocycles. The molecule has 2 atom stereocenters. The normalized spacial score (nSPS) is 13.4. The maximum Gasteiger partial charge on any atom is 0.341 e. The summed E-state index contributed by atoms with van der Waals surface area (Å²) in [6, 6.07) is 9.36. The summed E-state index contributed by atoms with van der Waals surface area (Å²) in [5.74, 6) is -0.488. The van der Waals surface area contributed by atoms with Crippen LogP contribution in [0.1, 0.15) is 24.2 Å². The van der Waals surface area contributed by atoms with Crippen LogP contribution < -0.4 is 10.1 Å². The molecule has 2 heterocycles. The number of benzene rings is 1. The molecule has 0 fully saturated rings. The van der Waals surface area contributed by atoms with Crippen LogP contribution in [0.15, 0.2) is 48.9 Å². The van der Waals surface area contributed by atoms with E-state index in [1.807, 2.05) is 24.4 Å². The first kappa shape index (κ1) is 18.9. The summed E-state index contributed by atoms with van der Waals surface area (Å²) in [6.45, 7) is 2.11. The van der Waals surface area contributed by atoms with Gasteiger partial charge in [-0.15, -0.1) is 0 Å². The van der Waals surface area contributed by atoms with E-state index >= 15 is 0 Å². The highest BCUT2D eigenvalue weighted by molar-refractivity contribution is 5.88. The molecule has 0 unspecified atom stereocenters. The molecule has 0 aliphatic rings. The molecule has 0 radical (unpaired) electrons. The minimum Gasteiger partial charge on any atom is -0.480 e. The van der Waals surface area contributed by atoms with Gasteiger partial charge in [-0.1, -0.05) is 18.2 Å². The fourth-order valence-corrected chi connectivity index (χ4v) is 3.02. The molecular formula is C20H23N3O4. The van der Waals surface area contributed by atoms with Crippen molar-refractivity contribution in [2.45, 2.75) is 25.5 Å². The van der Waals surface area contributed by atoms with Gasteiger partial charge in [0, 0.05) is 42.1 Å². The van der Waals surface area contributed by atoms with Gasteiger partial charge in [0.15, 0.2) is 6.61 Å². The number of pyridine rings is 1. The number of H-pyrrole nitrogens is 1. The molecule has 7 nitrogen and oxygen atoms in total. The SMILES string of the molecule is C[C@H](Cc1c[nH]c2c(OCC(=O)O)cccc12)NC[C@@H](O)c1cccnc1. The summed E-state index contributed by atoms with van der Waals surface area (Å²) in [5.41, 5.74) is 2.67. The Labute approximate surface area is 157 Å². The Kier molecular flexibility index (Phi) is 6.05. The van der Waals surface area contributed by atoms with E-state index in [9.17, 15) is 9.90 Å². The largest absolute Gasteiger partial charge is 0.480 e. The number of hydrogen-bond acceptors (Lipinski definition) is 5. The Morgan fingerprint density at radius 2 is 2.19 bits per heavy atom. The van der Waals surface area contributed by atoms with Gasteiger partial charge in [-0.25, -0.2) is 4.79 Å². The van der Waals surface area contributed by atoms with Crippen LogP contribution in [-0.2, 0) is 11.2 Å². The van der Waals surface area contributed by atoms with Crippen molar-refractivity contribution in [2.75, 3.05) is 13.2 Å². The summed E-state index contributed by atoms with van der Waals surface area (Å²) >= 11 is 0. The second-order valence-electron chi connectivity index (χ2n) is 6.49. The van der Waals surface area contributed by atoms with Crippen LogP contribution in [0.4, 0.5) is 0 Å². The molecule has 142 valence electrons. The van der Waals surface area contributed by atoms with Crippen molar-refractivity contribution in [3.63, 3.8) is 0 Å². The number of nitrogens with zero attached hydrogens (tertiary/aromatic N) is 1. The zero-order chi connectivity index (χ0) is 19.2. The Balaban J connectivity index is 1.62. The lowest BCUT2D eigenvalue weighted by Crippen LogP contribution is -2.32. The number of fused-ring (bicyclic) bond motifs is 1. The number of para-hydroxylation sites is 1. The lowest BCUT2D eigenvalue weighted by Gasteiger charge is -2.17. The van der Waals surface area contributed by atoms with E-state index in [1.54, 1.807) is 24.5 Å². The van der Waals surface area contributed by atoms with E-state index < -0.39 is 12.1 Å². The molecule has 2 aromatic heterocycles. The molecule has 0 amide bonds. The van der Waals surface area contributed by atoms with Crippen LogP contribution in [0.25, 0.3) is 10.9 Å². The summed E-state index contributed by atoms with van der Waals surface area (Å²) in [6.07, 6.45) is 5.39. The molecule has 0 saturated carbocycles. The van der Waals surface area contributed by atoms with Gasteiger partial charge in [0.2, 0.25) is 0 Å². The Hall–Kier alpha value is -2.90. The van der Waals surface area contributed by atoms with E-state index in [-0.39, 0.29) is 12.6 Å². The number of aromatic nitrogens is 2. The minimum atomic E-state index is -1.01. The number of hydrogen-bond donors (Lipinski definition) is 4. The number of carboxylic acids is 1. The standard InChI is InChI=1S/C20H23N3O4/c1-13(22-11-17(24)14-4-3-7-21-9-14)8-15-10-23-20-16(15)5-2-6-18(20)27-12-19(25)26/h2-7,9-10,13,17,22-24H,8,11-12H2,1H3,(H,25,26)/t13-,17-/m1/s1. The first-order valence-corrected chi connectivity index (χ1v) is 8.79. The van der Waals surface area contributed by atoms with Crippen LogP contribution in [0, 0.1) is 0 Å². The van der Waals surface area contributed by atoms with E-state index in [1.165, 1.54) is 0 Å². The third-order valence-electron chi connectivity index (χ3n) is 4.37. The highest BCUT2D eigenvalue weighted by Gasteiger charge is 2.14. The van der Waals surface area contributed by atoms with Crippen LogP contribution in [0.3, 0.4) is 0 Å². The molecule has 7 heteroatoms. The van der Waals surface area contributed by atoms with Crippen molar-refractivity contribution in [1.29, 1.82) is 0 Å². The number of rotatable bonds is 9. The summed E-state index contributed by atoms with van der Waals surface area (Å²) in [4.78, 5) is 17.9. The summed E-state index contributed by atoms with van der Waals surface area (Å²) in [7, 11) is 0. The molecule has 0 bridgehead atoms. The Morgan fingerprint density at radius 1 is 1.33 bits per heavy atom. The Bertz CT molecular complexity index is 895. The van der Waals surface area contributed by atoms with Crippen molar-refractivity contribution < 1.29 is 19.7 Å². The zero-order valence-electron chi connectivity index (χ0n) is 15.1. The van der Waals surface area contributed by atoms with E-state index in [0.29, 0.717) is 12.3 Å². The van der Waals surface area contributed by atoms with Gasteiger partial charge in [0.1, 0.15) is 5.75 Å². The van der Waals surface area contributed by atoms with E-state index in [0.717, 1.165) is 28.5 Å². The fraction of sp³-hybridized carbons (Fsp3) is 0.300. The number of aliphatic hydroxyl groups excluding tert-OH is 1.